The van der Waals surface area contributed by atoms with Crippen LogP contribution in [0.15, 0.2) is 23.1 Å². The average Bonchev–Trinajstić information content (AvgIpc) is 2.40. The molecule has 21 heavy (non-hydrogen) atoms. The zero-order valence-electron chi connectivity index (χ0n) is 11.7. The van der Waals surface area contributed by atoms with Crippen molar-refractivity contribution in [3.63, 3.8) is 0 Å². The van der Waals surface area contributed by atoms with Gasteiger partial charge in [-0.2, -0.15) is 4.31 Å². The van der Waals surface area contributed by atoms with E-state index in [2.05, 4.69) is 0 Å². The van der Waals surface area contributed by atoms with E-state index in [1.165, 1.54) is 16.4 Å². The van der Waals surface area contributed by atoms with Gasteiger partial charge in [0.25, 0.3) is 0 Å². The van der Waals surface area contributed by atoms with Crippen LogP contribution in [0, 0.1) is 5.82 Å². The average molecular weight is 332 g/mol. The molecule has 0 aliphatic carbocycles. The number of hydrogen-bond acceptors (Lipinski definition) is 4. The molecular weight excluding hydrogens is 315 g/mol. The van der Waals surface area contributed by atoms with Gasteiger partial charge >= 0.3 is 0 Å². The zero-order chi connectivity index (χ0) is 15.8. The first-order valence-electron chi connectivity index (χ1n) is 6.47. The molecular formula is C13H17FN2O3S2. The van der Waals surface area contributed by atoms with Gasteiger partial charge in [0.2, 0.25) is 10.0 Å². The van der Waals surface area contributed by atoms with E-state index in [4.69, 9.17) is 22.7 Å². The number of benzene rings is 1. The third kappa shape index (κ3) is 3.08. The van der Waals surface area contributed by atoms with Crippen LogP contribution >= 0.6 is 12.2 Å². The van der Waals surface area contributed by atoms with E-state index in [1.807, 2.05) is 0 Å². The first-order valence-corrected chi connectivity index (χ1v) is 8.31. The number of sulfonamides is 1. The van der Waals surface area contributed by atoms with Gasteiger partial charge < -0.3 is 10.5 Å². The standard InChI is InChI=1S/C13H17FN2O3S2/c1-8-7-19-9(2)6-16(8)21(17,18)11-5-3-4-10(14)12(11)13(15)20/h3-5,8-9H,6-7H2,1-2H3,(H2,15,20). The van der Waals surface area contributed by atoms with E-state index in [9.17, 15) is 12.8 Å². The summed E-state index contributed by atoms with van der Waals surface area (Å²) in [6, 6.07) is 3.45. The Balaban J connectivity index is 2.54. The Morgan fingerprint density at radius 2 is 2.14 bits per heavy atom. The number of halogens is 1. The van der Waals surface area contributed by atoms with Crippen LogP contribution in [0.2, 0.25) is 0 Å². The second-order valence-corrected chi connectivity index (χ2v) is 7.34. The highest BCUT2D eigenvalue weighted by Crippen LogP contribution is 2.26. The van der Waals surface area contributed by atoms with Crippen LogP contribution in [0.25, 0.3) is 0 Å². The molecule has 0 radical (unpaired) electrons. The SMILES string of the molecule is CC1CN(S(=O)(=O)c2cccc(F)c2C(N)=S)C(C)CO1. The molecule has 0 amide bonds. The van der Waals surface area contributed by atoms with Gasteiger partial charge in [0.05, 0.1) is 23.2 Å². The molecule has 0 saturated carbocycles. The molecule has 116 valence electrons. The molecule has 0 bridgehead atoms. The molecule has 2 N–H and O–H groups in total. The predicted molar refractivity (Wildman–Crippen MR) is 81.1 cm³/mol. The van der Waals surface area contributed by atoms with Gasteiger partial charge in [0.15, 0.2) is 0 Å². The van der Waals surface area contributed by atoms with Crippen molar-refractivity contribution in [3.8, 4) is 0 Å². The first-order chi connectivity index (χ1) is 9.75. The van der Waals surface area contributed by atoms with Crippen molar-refractivity contribution < 1.29 is 17.5 Å². The Labute approximate surface area is 128 Å². The van der Waals surface area contributed by atoms with Gasteiger partial charge in [-0.1, -0.05) is 18.3 Å². The number of ether oxygens (including phenoxy) is 1. The van der Waals surface area contributed by atoms with E-state index >= 15 is 0 Å². The lowest BCUT2D eigenvalue weighted by Gasteiger charge is -2.36. The first kappa shape index (κ1) is 16.3. The van der Waals surface area contributed by atoms with Crippen LogP contribution < -0.4 is 5.73 Å². The van der Waals surface area contributed by atoms with Crippen LogP contribution in [-0.4, -0.2) is 43.0 Å². The minimum absolute atomic E-state index is 0.198. The summed E-state index contributed by atoms with van der Waals surface area (Å²) >= 11 is 4.79. The summed E-state index contributed by atoms with van der Waals surface area (Å²) in [6.45, 7) is 4.02. The molecule has 2 rings (SSSR count). The van der Waals surface area contributed by atoms with Crippen LogP contribution in [0.1, 0.15) is 19.4 Å². The largest absolute Gasteiger partial charge is 0.389 e. The molecule has 2 atom stereocenters. The molecule has 1 aliphatic rings. The normalized spacial score (nSPS) is 24.0. The Morgan fingerprint density at radius 3 is 2.76 bits per heavy atom. The van der Waals surface area contributed by atoms with Gasteiger partial charge in [0, 0.05) is 12.6 Å². The maximum Gasteiger partial charge on any atom is 0.244 e. The Bertz CT molecular complexity index is 663. The van der Waals surface area contributed by atoms with Crippen LogP contribution in [0.5, 0.6) is 0 Å². The highest BCUT2D eigenvalue weighted by Gasteiger charge is 2.36. The van der Waals surface area contributed by atoms with E-state index in [0.717, 1.165) is 6.07 Å². The number of thiocarbonyl (C=S) groups is 1. The van der Waals surface area contributed by atoms with Gasteiger partial charge in [0.1, 0.15) is 10.8 Å². The van der Waals surface area contributed by atoms with Gasteiger partial charge in [-0.05, 0) is 26.0 Å². The maximum absolute atomic E-state index is 13.9. The summed E-state index contributed by atoms with van der Waals surface area (Å²) in [7, 11) is -3.90. The van der Waals surface area contributed by atoms with Crippen LogP contribution in [0.3, 0.4) is 0 Å². The van der Waals surface area contributed by atoms with E-state index in [0.29, 0.717) is 0 Å². The van der Waals surface area contributed by atoms with Gasteiger partial charge in [-0.3, -0.25) is 0 Å². The quantitative estimate of drug-likeness (QED) is 0.844. The summed E-state index contributed by atoms with van der Waals surface area (Å²) in [5.74, 6) is -0.738. The number of rotatable bonds is 3. The molecule has 1 aromatic rings. The molecule has 2 unspecified atom stereocenters. The fourth-order valence-electron chi connectivity index (χ4n) is 2.29. The van der Waals surface area contributed by atoms with Crippen LogP contribution in [-0.2, 0) is 14.8 Å². The van der Waals surface area contributed by atoms with Crippen molar-refractivity contribution in [2.75, 3.05) is 13.2 Å². The molecule has 8 heteroatoms. The minimum Gasteiger partial charge on any atom is -0.389 e. The van der Waals surface area contributed by atoms with E-state index in [1.54, 1.807) is 13.8 Å². The summed E-state index contributed by atoms with van der Waals surface area (Å²) in [5, 5.41) is 0. The number of nitrogens with zero attached hydrogens (tertiary/aromatic N) is 1. The topological polar surface area (TPSA) is 72.6 Å². The summed E-state index contributed by atoms with van der Waals surface area (Å²) in [6.07, 6.45) is -0.224. The van der Waals surface area contributed by atoms with E-state index < -0.39 is 15.8 Å². The second kappa shape index (κ2) is 5.96. The molecule has 1 saturated heterocycles. The molecule has 0 spiro atoms. The summed E-state index contributed by atoms with van der Waals surface area (Å²) in [4.78, 5) is -0.475. The number of nitrogens with two attached hydrogens (primary N) is 1. The van der Waals surface area contributed by atoms with Crippen molar-refractivity contribution in [2.45, 2.75) is 30.9 Å². The van der Waals surface area contributed by atoms with Crippen LogP contribution in [0.4, 0.5) is 4.39 Å². The monoisotopic (exact) mass is 332 g/mol. The molecule has 1 aromatic carbocycles. The fourth-order valence-corrected chi connectivity index (χ4v) is 4.47. The van der Waals surface area contributed by atoms with E-state index in [-0.39, 0.29) is 40.7 Å². The summed E-state index contributed by atoms with van der Waals surface area (Å²) in [5.41, 5.74) is 5.25. The lowest BCUT2D eigenvalue weighted by Crippen LogP contribution is -2.50. The number of hydrogen-bond donors (Lipinski definition) is 1. The van der Waals surface area contributed by atoms with Gasteiger partial charge in [-0.25, -0.2) is 12.8 Å². The van der Waals surface area contributed by atoms with Crippen molar-refractivity contribution in [2.24, 2.45) is 5.73 Å². The van der Waals surface area contributed by atoms with Crippen molar-refractivity contribution in [1.82, 2.24) is 4.31 Å². The zero-order valence-corrected chi connectivity index (χ0v) is 13.4. The fraction of sp³-hybridized carbons (Fsp3) is 0.462. The molecule has 1 aliphatic heterocycles. The minimum atomic E-state index is -3.90. The lowest BCUT2D eigenvalue weighted by molar-refractivity contribution is -0.0170. The van der Waals surface area contributed by atoms with Crippen molar-refractivity contribution in [3.05, 3.63) is 29.6 Å². The second-order valence-electron chi connectivity index (χ2n) is 5.04. The Morgan fingerprint density at radius 1 is 1.48 bits per heavy atom. The molecule has 1 fully saturated rings. The highest BCUT2D eigenvalue weighted by molar-refractivity contribution is 7.89. The third-order valence-corrected chi connectivity index (χ3v) is 5.59. The third-order valence-electron chi connectivity index (χ3n) is 3.36. The maximum atomic E-state index is 13.9. The number of morpholine rings is 1. The van der Waals surface area contributed by atoms with Gasteiger partial charge in [-0.15, -0.1) is 0 Å². The lowest BCUT2D eigenvalue weighted by atomic mass is 10.2. The molecule has 1 heterocycles. The van der Waals surface area contributed by atoms with Crippen molar-refractivity contribution >= 4 is 27.2 Å². The predicted octanol–water partition coefficient (Wildman–Crippen LogP) is 1.26. The Kier molecular flexibility index (Phi) is 4.62. The molecule has 5 nitrogen and oxygen atoms in total. The highest BCUT2D eigenvalue weighted by atomic mass is 32.2. The Hall–Kier alpha value is -1.09. The smallest absolute Gasteiger partial charge is 0.244 e. The summed E-state index contributed by atoms with van der Waals surface area (Å²) < 4.78 is 46.2. The van der Waals surface area contributed by atoms with Crippen molar-refractivity contribution in [1.29, 1.82) is 0 Å². The molecule has 0 aromatic heterocycles.